The maximum absolute atomic E-state index is 9.65. The van der Waals surface area contributed by atoms with E-state index in [1.807, 2.05) is 25.7 Å². The van der Waals surface area contributed by atoms with E-state index in [2.05, 4.69) is 0 Å². The van der Waals surface area contributed by atoms with E-state index in [0.29, 0.717) is 0 Å². The van der Waals surface area contributed by atoms with Crippen LogP contribution in [0.1, 0.15) is 27.2 Å². The summed E-state index contributed by atoms with van der Waals surface area (Å²) in [6.07, 6.45) is 0.124. The first-order valence-corrected chi connectivity index (χ1v) is 4.74. The van der Waals surface area contributed by atoms with Crippen LogP contribution in [0, 0.1) is 0 Å². The molecule has 0 spiro atoms. The van der Waals surface area contributed by atoms with E-state index in [1.54, 1.807) is 0 Å². The number of nitrogens with two attached hydrogens (primary N) is 1. The van der Waals surface area contributed by atoms with Crippen molar-refractivity contribution in [2.45, 2.75) is 45.2 Å². The molecule has 4 nitrogen and oxygen atoms in total. The molecule has 0 amide bonds. The molecule has 1 rings (SSSR count). The van der Waals surface area contributed by atoms with E-state index in [9.17, 15) is 5.11 Å². The predicted molar refractivity (Wildman–Crippen MR) is 51.0 cm³/mol. The number of aliphatic hydroxyl groups excluding tert-OH is 1. The van der Waals surface area contributed by atoms with Crippen LogP contribution in [-0.4, -0.2) is 41.2 Å². The molecular formula is C9H20N2O2. The highest BCUT2D eigenvalue weighted by molar-refractivity contribution is 4.77. The van der Waals surface area contributed by atoms with Crippen LogP contribution in [0.5, 0.6) is 0 Å². The highest BCUT2D eigenvalue weighted by Crippen LogP contribution is 2.16. The van der Waals surface area contributed by atoms with Crippen LogP contribution in [0.15, 0.2) is 0 Å². The topological polar surface area (TPSA) is 58.7 Å². The Labute approximate surface area is 79.7 Å². The monoisotopic (exact) mass is 188 g/mol. The molecule has 2 atom stereocenters. The first-order chi connectivity index (χ1) is 5.88. The lowest BCUT2D eigenvalue weighted by Gasteiger charge is -2.29. The molecule has 1 aliphatic rings. The molecule has 4 heteroatoms. The van der Waals surface area contributed by atoms with E-state index < -0.39 is 6.41 Å². The third-order valence-electron chi connectivity index (χ3n) is 2.03. The molecule has 0 aromatic carbocycles. The molecule has 0 aliphatic carbocycles. The summed E-state index contributed by atoms with van der Waals surface area (Å²) in [5, 5.41) is 9.65. The van der Waals surface area contributed by atoms with Crippen molar-refractivity contribution in [3.63, 3.8) is 0 Å². The summed E-state index contributed by atoms with van der Waals surface area (Å²) in [6, 6.07) is 0.179. The molecule has 0 aromatic heterocycles. The van der Waals surface area contributed by atoms with Gasteiger partial charge in [0.2, 0.25) is 6.41 Å². The van der Waals surface area contributed by atoms with Gasteiger partial charge in [0, 0.05) is 19.1 Å². The van der Waals surface area contributed by atoms with Crippen LogP contribution >= 0.6 is 0 Å². The zero-order chi connectivity index (χ0) is 10.1. The molecule has 78 valence electrons. The highest BCUT2D eigenvalue weighted by atomic mass is 16.6. The number of ether oxygens (including phenoxy) is 1. The van der Waals surface area contributed by atoms with Crippen LogP contribution in [0.25, 0.3) is 0 Å². The smallest absolute Gasteiger partial charge is 0.216 e. The summed E-state index contributed by atoms with van der Waals surface area (Å²) < 4.78 is 5.40. The SMILES string of the molecule is CC(C)(C)OC(O)N1CCC(N)C1. The third-order valence-corrected chi connectivity index (χ3v) is 2.03. The zero-order valence-corrected chi connectivity index (χ0v) is 8.66. The first kappa shape index (κ1) is 10.9. The van der Waals surface area contributed by atoms with E-state index in [-0.39, 0.29) is 11.6 Å². The van der Waals surface area contributed by atoms with Gasteiger partial charge in [0.25, 0.3) is 0 Å². The van der Waals surface area contributed by atoms with E-state index in [1.165, 1.54) is 0 Å². The summed E-state index contributed by atoms with van der Waals surface area (Å²) in [4.78, 5) is 1.86. The second kappa shape index (κ2) is 3.92. The van der Waals surface area contributed by atoms with Gasteiger partial charge in [-0.3, -0.25) is 4.90 Å². The average molecular weight is 188 g/mol. The molecule has 1 fully saturated rings. The van der Waals surface area contributed by atoms with Crippen LogP contribution in [0.3, 0.4) is 0 Å². The number of nitrogens with zero attached hydrogens (tertiary/aromatic N) is 1. The predicted octanol–water partition coefficient (Wildman–Crippen LogP) is 0.110. The third kappa shape index (κ3) is 3.60. The largest absolute Gasteiger partial charge is 0.356 e. The van der Waals surface area contributed by atoms with Crippen molar-refractivity contribution in [2.24, 2.45) is 5.73 Å². The highest BCUT2D eigenvalue weighted by Gasteiger charge is 2.28. The van der Waals surface area contributed by atoms with Gasteiger partial charge in [-0.05, 0) is 27.2 Å². The fourth-order valence-corrected chi connectivity index (χ4v) is 1.41. The van der Waals surface area contributed by atoms with Gasteiger partial charge in [0.05, 0.1) is 5.60 Å². The molecule has 1 saturated heterocycles. The zero-order valence-electron chi connectivity index (χ0n) is 8.66. The van der Waals surface area contributed by atoms with Crippen molar-refractivity contribution < 1.29 is 9.84 Å². The minimum absolute atomic E-state index is 0.179. The minimum Gasteiger partial charge on any atom is -0.356 e. The standard InChI is InChI=1S/C9H20N2O2/c1-9(2,3)13-8(12)11-5-4-7(10)6-11/h7-8,12H,4-6,10H2,1-3H3. The van der Waals surface area contributed by atoms with Crippen molar-refractivity contribution in [1.82, 2.24) is 4.90 Å². The van der Waals surface area contributed by atoms with Gasteiger partial charge in [-0.25, -0.2) is 0 Å². The fraction of sp³-hybridized carbons (Fsp3) is 1.00. The first-order valence-electron chi connectivity index (χ1n) is 4.74. The van der Waals surface area contributed by atoms with Crippen LogP contribution in [0.4, 0.5) is 0 Å². The number of hydrogen-bond acceptors (Lipinski definition) is 4. The Bertz CT molecular complexity index is 167. The Kier molecular flexibility index (Phi) is 3.29. The van der Waals surface area contributed by atoms with Crippen molar-refractivity contribution in [2.75, 3.05) is 13.1 Å². The van der Waals surface area contributed by atoms with E-state index in [4.69, 9.17) is 10.5 Å². The van der Waals surface area contributed by atoms with Crippen molar-refractivity contribution in [3.8, 4) is 0 Å². The van der Waals surface area contributed by atoms with E-state index in [0.717, 1.165) is 19.5 Å². The Morgan fingerprint density at radius 3 is 2.54 bits per heavy atom. The summed E-state index contributed by atoms with van der Waals surface area (Å²) in [7, 11) is 0. The lowest BCUT2D eigenvalue weighted by Crippen LogP contribution is -2.41. The summed E-state index contributed by atoms with van der Waals surface area (Å²) >= 11 is 0. The Morgan fingerprint density at radius 2 is 2.15 bits per heavy atom. The quantitative estimate of drug-likeness (QED) is 0.604. The molecule has 0 bridgehead atoms. The average Bonchev–Trinajstić information content (AvgIpc) is 2.31. The number of aliphatic hydroxyl groups is 1. The lowest BCUT2D eigenvalue weighted by molar-refractivity contribution is -0.233. The summed E-state index contributed by atoms with van der Waals surface area (Å²) in [6.45, 7) is 7.31. The van der Waals surface area contributed by atoms with Gasteiger partial charge >= 0.3 is 0 Å². The summed E-state index contributed by atoms with van der Waals surface area (Å²) in [5.41, 5.74) is 5.40. The normalized spacial score (nSPS) is 27.9. The molecule has 2 unspecified atom stereocenters. The van der Waals surface area contributed by atoms with Crippen LogP contribution in [0.2, 0.25) is 0 Å². The van der Waals surface area contributed by atoms with Crippen LogP contribution in [-0.2, 0) is 4.74 Å². The van der Waals surface area contributed by atoms with Gasteiger partial charge < -0.3 is 15.6 Å². The second-order valence-corrected chi connectivity index (χ2v) is 4.60. The molecule has 13 heavy (non-hydrogen) atoms. The molecular weight excluding hydrogens is 168 g/mol. The Balaban J connectivity index is 2.36. The van der Waals surface area contributed by atoms with Gasteiger partial charge in [0.15, 0.2) is 0 Å². The van der Waals surface area contributed by atoms with Crippen molar-refractivity contribution >= 4 is 0 Å². The molecule has 0 radical (unpaired) electrons. The fourth-order valence-electron chi connectivity index (χ4n) is 1.41. The minimum atomic E-state index is -0.812. The maximum atomic E-state index is 9.65. The van der Waals surface area contributed by atoms with Gasteiger partial charge in [0.1, 0.15) is 0 Å². The Hall–Kier alpha value is -0.160. The maximum Gasteiger partial charge on any atom is 0.216 e. The Morgan fingerprint density at radius 1 is 1.54 bits per heavy atom. The van der Waals surface area contributed by atoms with E-state index >= 15 is 0 Å². The second-order valence-electron chi connectivity index (χ2n) is 4.60. The van der Waals surface area contributed by atoms with Gasteiger partial charge in [-0.1, -0.05) is 0 Å². The van der Waals surface area contributed by atoms with Crippen LogP contribution < -0.4 is 5.73 Å². The van der Waals surface area contributed by atoms with Gasteiger partial charge in [-0.2, -0.15) is 0 Å². The van der Waals surface area contributed by atoms with Gasteiger partial charge in [-0.15, -0.1) is 0 Å². The number of likely N-dealkylation sites (tertiary alicyclic amines) is 1. The number of rotatable bonds is 2. The molecule has 1 heterocycles. The molecule has 3 N–H and O–H groups in total. The lowest BCUT2D eigenvalue weighted by atomic mass is 10.2. The number of hydrogen-bond donors (Lipinski definition) is 2. The molecule has 1 aliphatic heterocycles. The summed E-state index contributed by atoms with van der Waals surface area (Å²) in [5.74, 6) is 0. The molecule has 0 aromatic rings. The van der Waals surface area contributed by atoms with Crippen molar-refractivity contribution in [1.29, 1.82) is 0 Å². The van der Waals surface area contributed by atoms with Crippen molar-refractivity contribution in [3.05, 3.63) is 0 Å². The molecule has 0 saturated carbocycles.